The Morgan fingerprint density at radius 2 is 1.76 bits per heavy atom. The van der Waals surface area contributed by atoms with E-state index in [0.717, 1.165) is 0 Å². The van der Waals surface area contributed by atoms with E-state index in [9.17, 15) is 0 Å². The van der Waals surface area contributed by atoms with Gasteiger partial charge in [-0.2, -0.15) is 0 Å². The number of methoxy groups -OCH3 is 1. The summed E-state index contributed by atoms with van der Waals surface area (Å²) in [5.41, 5.74) is 1.38. The molecule has 2 rings (SSSR count). The zero-order valence-electron chi connectivity index (χ0n) is 10.9. The third kappa shape index (κ3) is 3.55. The lowest BCUT2D eigenvalue weighted by molar-refractivity contribution is 0.0614. The smallest absolute Gasteiger partial charge is 0.0572 e. The van der Waals surface area contributed by atoms with Gasteiger partial charge in [-0.1, -0.05) is 30.3 Å². The predicted molar refractivity (Wildman–Crippen MR) is 71.0 cm³/mol. The standard InChI is InChI=1S/C15H23NO/c1-12(13-6-4-3-5-7-13)16-14-8-10-15(17-2)11-9-14/h3-7,12,14-16H,8-11H2,1-2H3. The minimum Gasteiger partial charge on any atom is -0.381 e. The molecule has 1 N–H and O–H groups in total. The summed E-state index contributed by atoms with van der Waals surface area (Å²) in [5, 5.41) is 3.72. The average Bonchev–Trinajstić information content (AvgIpc) is 2.40. The van der Waals surface area contributed by atoms with Gasteiger partial charge in [0, 0.05) is 19.2 Å². The summed E-state index contributed by atoms with van der Waals surface area (Å²) in [6.07, 6.45) is 5.33. The number of rotatable bonds is 4. The molecular formula is C15H23NO. The summed E-state index contributed by atoms with van der Waals surface area (Å²) in [6.45, 7) is 2.25. The molecule has 1 fully saturated rings. The van der Waals surface area contributed by atoms with Gasteiger partial charge in [0.1, 0.15) is 0 Å². The molecule has 0 radical (unpaired) electrons. The van der Waals surface area contributed by atoms with Gasteiger partial charge in [0.15, 0.2) is 0 Å². The number of ether oxygens (including phenoxy) is 1. The topological polar surface area (TPSA) is 21.3 Å². The van der Waals surface area contributed by atoms with Gasteiger partial charge >= 0.3 is 0 Å². The molecule has 1 unspecified atom stereocenters. The first-order valence-electron chi connectivity index (χ1n) is 6.63. The van der Waals surface area contributed by atoms with Crippen molar-refractivity contribution >= 4 is 0 Å². The molecule has 94 valence electrons. The Balaban J connectivity index is 1.82. The van der Waals surface area contributed by atoms with Crippen LogP contribution in [0.1, 0.15) is 44.2 Å². The summed E-state index contributed by atoms with van der Waals surface area (Å²) in [7, 11) is 1.82. The first-order chi connectivity index (χ1) is 8.29. The van der Waals surface area contributed by atoms with Gasteiger partial charge in [0.25, 0.3) is 0 Å². The zero-order chi connectivity index (χ0) is 12.1. The SMILES string of the molecule is COC1CCC(NC(C)c2ccccc2)CC1. The monoisotopic (exact) mass is 233 g/mol. The van der Waals surface area contributed by atoms with Gasteiger partial charge in [-0.25, -0.2) is 0 Å². The van der Waals surface area contributed by atoms with Crippen LogP contribution in [0, 0.1) is 0 Å². The van der Waals surface area contributed by atoms with Crippen molar-refractivity contribution in [1.29, 1.82) is 0 Å². The normalized spacial score (nSPS) is 26.7. The average molecular weight is 233 g/mol. The maximum Gasteiger partial charge on any atom is 0.0572 e. The molecule has 0 heterocycles. The largest absolute Gasteiger partial charge is 0.381 e. The highest BCUT2D eigenvalue weighted by atomic mass is 16.5. The number of hydrogen-bond donors (Lipinski definition) is 1. The maximum atomic E-state index is 5.40. The third-order valence-electron chi connectivity index (χ3n) is 3.79. The van der Waals surface area contributed by atoms with Crippen molar-refractivity contribution in [2.45, 2.75) is 50.8 Å². The van der Waals surface area contributed by atoms with Crippen molar-refractivity contribution in [2.75, 3.05) is 7.11 Å². The Kier molecular flexibility index (Phi) is 4.57. The molecule has 17 heavy (non-hydrogen) atoms. The van der Waals surface area contributed by atoms with Gasteiger partial charge in [-0.15, -0.1) is 0 Å². The van der Waals surface area contributed by atoms with E-state index in [0.29, 0.717) is 18.2 Å². The molecule has 0 aromatic heterocycles. The van der Waals surface area contributed by atoms with Crippen LogP contribution >= 0.6 is 0 Å². The highest BCUT2D eigenvalue weighted by Gasteiger charge is 2.21. The molecule has 0 amide bonds. The van der Waals surface area contributed by atoms with Crippen molar-refractivity contribution < 1.29 is 4.74 Å². The van der Waals surface area contributed by atoms with Crippen LogP contribution in [-0.4, -0.2) is 19.3 Å². The zero-order valence-corrected chi connectivity index (χ0v) is 10.9. The van der Waals surface area contributed by atoms with Crippen LogP contribution < -0.4 is 5.32 Å². The molecule has 2 heteroatoms. The lowest BCUT2D eigenvalue weighted by Gasteiger charge is -2.30. The molecule has 2 nitrogen and oxygen atoms in total. The Morgan fingerprint density at radius 1 is 1.12 bits per heavy atom. The molecular weight excluding hydrogens is 210 g/mol. The van der Waals surface area contributed by atoms with Crippen LogP contribution in [0.2, 0.25) is 0 Å². The van der Waals surface area contributed by atoms with Gasteiger partial charge in [0.05, 0.1) is 6.10 Å². The lowest BCUT2D eigenvalue weighted by Crippen LogP contribution is -2.36. The van der Waals surface area contributed by atoms with Crippen LogP contribution in [0.25, 0.3) is 0 Å². The third-order valence-corrected chi connectivity index (χ3v) is 3.79. The Labute approximate surface area is 104 Å². The molecule has 1 aliphatic rings. The van der Waals surface area contributed by atoms with E-state index in [1.807, 2.05) is 7.11 Å². The fourth-order valence-corrected chi connectivity index (χ4v) is 2.66. The quantitative estimate of drug-likeness (QED) is 0.861. The molecule has 1 aromatic rings. The summed E-state index contributed by atoms with van der Waals surface area (Å²) >= 11 is 0. The molecule has 1 aliphatic carbocycles. The van der Waals surface area contributed by atoms with E-state index in [4.69, 9.17) is 4.74 Å². The number of benzene rings is 1. The number of hydrogen-bond acceptors (Lipinski definition) is 2. The molecule has 0 saturated heterocycles. The van der Waals surface area contributed by atoms with Gasteiger partial charge in [-0.05, 0) is 38.2 Å². The fourth-order valence-electron chi connectivity index (χ4n) is 2.66. The molecule has 1 saturated carbocycles. The van der Waals surface area contributed by atoms with Crippen molar-refractivity contribution in [3.8, 4) is 0 Å². The van der Waals surface area contributed by atoms with Crippen LogP contribution in [0.4, 0.5) is 0 Å². The summed E-state index contributed by atoms with van der Waals surface area (Å²) in [5.74, 6) is 0. The number of nitrogens with one attached hydrogen (secondary N) is 1. The van der Waals surface area contributed by atoms with Crippen molar-refractivity contribution in [2.24, 2.45) is 0 Å². The van der Waals surface area contributed by atoms with E-state index in [-0.39, 0.29) is 0 Å². The van der Waals surface area contributed by atoms with E-state index in [1.165, 1.54) is 31.2 Å². The molecule has 0 bridgehead atoms. The fraction of sp³-hybridized carbons (Fsp3) is 0.600. The second-order valence-corrected chi connectivity index (χ2v) is 5.01. The van der Waals surface area contributed by atoms with E-state index < -0.39 is 0 Å². The van der Waals surface area contributed by atoms with Gasteiger partial charge in [-0.3, -0.25) is 0 Å². The van der Waals surface area contributed by atoms with E-state index >= 15 is 0 Å². The first kappa shape index (κ1) is 12.6. The van der Waals surface area contributed by atoms with E-state index in [1.54, 1.807) is 0 Å². The molecule has 0 aliphatic heterocycles. The maximum absolute atomic E-state index is 5.40. The summed E-state index contributed by atoms with van der Waals surface area (Å²) in [6, 6.07) is 11.8. The van der Waals surface area contributed by atoms with Crippen molar-refractivity contribution in [1.82, 2.24) is 5.32 Å². The second-order valence-electron chi connectivity index (χ2n) is 5.01. The van der Waals surface area contributed by atoms with Crippen molar-refractivity contribution in [3.63, 3.8) is 0 Å². The van der Waals surface area contributed by atoms with Gasteiger partial charge < -0.3 is 10.1 Å². The molecule has 1 atom stereocenters. The highest BCUT2D eigenvalue weighted by molar-refractivity contribution is 5.18. The predicted octanol–water partition coefficient (Wildman–Crippen LogP) is 3.29. The second kappa shape index (κ2) is 6.18. The lowest BCUT2D eigenvalue weighted by atomic mass is 9.92. The summed E-state index contributed by atoms with van der Waals surface area (Å²) < 4.78 is 5.40. The first-order valence-corrected chi connectivity index (χ1v) is 6.63. The van der Waals surface area contributed by atoms with Crippen LogP contribution in [0.3, 0.4) is 0 Å². The molecule has 1 aromatic carbocycles. The van der Waals surface area contributed by atoms with Crippen LogP contribution in [-0.2, 0) is 4.74 Å². The van der Waals surface area contributed by atoms with Crippen LogP contribution in [0.15, 0.2) is 30.3 Å². The Hall–Kier alpha value is -0.860. The summed E-state index contributed by atoms with van der Waals surface area (Å²) in [4.78, 5) is 0. The van der Waals surface area contributed by atoms with E-state index in [2.05, 4.69) is 42.6 Å². The Morgan fingerprint density at radius 3 is 2.35 bits per heavy atom. The minimum atomic E-state index is 0.445. The van der Waals surface area contributed by atoms with Crippen LogP contribution in [0.5, 0.6) is 0 Å². The highest BCUT2D eigenvalue weighted by Crippen LogP contribution is 2.23. The minimum absolute atomic E-state index is 0.445. The Bertz CT molecular complexity index is 317. The van der Waals surface area contributed by atoms with Crippen molar-refractivity contribution in [3.05, 3.63) is 35.9 Å². The van der Waals surface area contributed by atoms with Gasteiger partial charge in [0.2, 0.25) is 0 Å². The molecule has 0 spiro atoms.